The van der Waals surface area contributed by atoms with Crippen molar-refractivity contribution < 1.29 is 17.9 Å². The highest BCUT2D eigenvalue weighted by molar-refractivity contribution is 7.92. The minimum absolute atomic E-state index is 0.148. The van der Waals surface area contributed by atoms with Gasteiger partial charge in [-0.2, -0.15) is 0 Å². The largest absolute Gasteiger partial charge is 0.478 e. The second-order valence-electron chi connectivity index (χ2n) is 6.08. The summed E-state index contributed by atoms with van der Waals surface area (Å²) in [5, 5.41) is 2.80. The van der Waals surface area contributed by atoms with Crippen LogP contribution in [0.25, 0.3) is 0 Å². The number of aromatic nitrogens is 1. The first-order chi connectivity index (χ1) is 14.0. The summed E-state index contributed by atoms with van der Waals surface area (Å²) in [5.74, 6) is 0.136. The van der Waals surface area contributed by atoms with Gasteiger partial charge in [-0.1, -0.05) is 30.3 Å². The Kier molecular flexibility index (Phi) is 6.46. The van der Waals surface area contributed by atoms with Crippen LogP contribution in [0.5, 0.6) is 5.88 Å². The number of carbonyl (C=O) groups excluding carboxylic acids is 1. The van der Waals surface area contributed by atoms with E-state index in [4.69, 9.17) is 4.74 Å². The monoisotopic (exact) mass is 411 g/mol. The predicted octanol–water partition coefficient (Wildman–Crippen LogP) is 3.21. The molecule has 0 aliphatic heterocycles. The first kappa shape index (κ1) is 20.3. The standard InChI is InChI=1S/C21H21N3O4S/c1-2-28-21-17(9-7-13-22-21)15-23-20(25)16-8-6-10-18(14-16)24-29(26,27)19-11-4-3-5-12-19/h3-14,24H,2,15H2,1H3,(H,23,25). The van der Waals surface area contributed by atoms with E-state index < -0.39 is 10.0 Å². The van der Waals surface area contributed by atoms with Gasteiger partial charge in [0.25, 0.3) is 15.9 Å². The van der Waals surface area contributed by atoms with E-state index in [9.17, 15) is 13.2 Å². The summed E-state index contributed by atoms with van der Waals surface area (Å²) in [5.41, 5.74) is 1.39. The molecule has 2 aromatic carbocycles. The Labute approximate surface area is 169 Å². The van der Waals surface area contributed by atoms with Crippen LogP contribution in [0.2, 0.25) is 0 Å². The summed E-state index contributed by atoms with van der Waals surface area (Å²) in [6.07, 6.45) is 1.62. The number of nitrogens with one attached hydrogen (secondary N) is 2. The van der Waals surface area contributed by atoms with Gasteiger partial charge in [-0.05, 0) is 43.3 Å². The van der Waals surface area contributed by atoms with Crippen LogP contribution < -0.4 is 14.8 Å². The normalized spacial score (nSPS) is 10.9. The maximum Gasteiger partial charge on any atom is 0.261 e. The number of anilines is 1. The first-order valence-electron chi connectivity index (χ1n) is 9.02. The molecule has 150 valence electrons. The fraction of sp³-hybridized carbons (Fsp3) is 0.143. The number of pyridine rings is 1. The van der Waals surface area contributed by atoms with E-state index in [2.05, 4.69) is 15.0 Å². The Balaban J connectivity index is 1.70. The molecule has 1 aromatic heterocycles. The van der Waals surface area contributed by atoms with E-state index in [0.29, 0.717) is 23.7 Å². The molecule has 0 fully saturated rings. The molecule has 1 heterocycles. The molecule has 0 aliphatic rings. The Bertz CT molecular complexity index is 1090. The third-order valence-corrected chi connectivity index (χ3v) is 5.40. The van der Waals surface area contributed by atoms with Crippen LogP contribution in [0.3, 0.4) is 0 Å². The van der Waals surface area contributed by atoms with Gasteiger partial charge in [0.05, 0.1) is 11.5 Å². The lowest BCUT2D eigenvalue weighted by molar-refractivity contribution is 0.0950. The fourth-order valence-electron chi connectivity index (χ4n) is 2.64. The van der Waals surface area contributed by atoms with Gasteiger partial charge in [-0.15, -0.1) is 0 Å². The molecule has 0 aliphatic carbocycles. The van der Waals surface area contributed by atoms with Gasteiger partial charge in [-0.3, -0.25) is 9.52 Å². The minimum atomic E-state index is -3.73. The average molecular weight is 411 g/mol. The van der Waals surface area contributed by atoms with E-state index in [0.717, 1.165) is 5.56 Å². The molecule has 1 amide bonds. The molecular weight excluding hydrogens is 390 g/mol. The van der Waals surface area contributed by atoms with Gasteiger partial charge in [0, 0.05) is 29.6 Å². The molecule has 0 saturated carbocycles. The number of rotatable bonds is 8. The van der Waals surface area contributed by atoms with Crippen LogP contribution in [0.1, 0.15) is 22.8 Å². The molecule has 0 bridgehead atoms. The van der Waals surface area contributed by atoms with Crippen molar-refractivity contribution in [1.29, 1.82) is 0 Å². The van der Waals surface area contributed by atoms with Gasteiger partial charge in [0.15, 0.2) is 0 Å². The molecule has 0 radical (unpaired) electrons. The zero-order chi connectivity index (χ0) is 20.7. The summed E-state index contributed by atoms with van der Waals surface area (Å²) in [6.45, 7) is 2.57. The predicted molar refractivity (Wildman–Crippen MR) is 110 cm³/mol. The van der Waals surface area contributed by atoms with Crippen LogP contribution in [-0.2, 0) is 16.6 Å². The van der Waals surface area contributed by atoms with E-state index >= 15 is 0 Å². The lowest BCUT2D eigenvalue weighted by atomic mass is 10.2. The number of hydrogen-bond acceptors (Lipinski definition) is 5. The Hall–Kier alpha value is -3.39. The highest BCUT2D eigenvalue weighted by Crippen LogP contribution is 2.18. The Morgan fingerprint density at radius 1 is 1.03 bits per heavy atom. The fourth-order valence-corrected chi connectivity index (χ4v) is 3.71. The number of sulfonamides is 1. The second-order valence-corrected chi connectivity index (χ2v) is 7.77. The molecule has 0 atom stereocenters. The minimum Gasteiger partial charge on any atom is -0.478 e. The molecule has 0 spiro atoms. The molecule has 3 rings (SSSR count). The maximum atomic E-state index is 12.5. The summed E-state index contributed by atoms with van der Waals surface area (Å²) in [7, 11) is -3.73. The summed E-state index contributed by atoms with van der Waals surface area (Å²) in [6, 6.07) is 17.9. The first-order valence-corrected chi connectivity index (χ1v) is 10.5. The molecule has 7 nitrogen and oxygen atoms in total. The van der Waals surface area contributed by atoms with E-state index in [1.807, 2.05) is 13.0 Å². The van der Waals surface area contributed by atoms with Crippen molar-refractivity contribution in [3.63, 3.8) is 0 Å². The van der Waals surface area contributed by atoms with Gasteiger partial charge in [0.2, 0.25) is 5.88 Å². The molecule has 0 unspecified atom stereocenters. The summed E-state index contributed by atoms with van der Waals surface area (Å²) < 4.78 is 32.9. The van der Waals surface area contributed by atoms with Crippen molar-refractivity contribution >= 4 is 21.6 Å². The van der Waals surface area contributed by atoms with Crippen LogP contribution in [0.4, 0.5) is 5.69 Å². The van der Waals surface area contributed by atoms with Gasteiger partial charge >= 0.3 is 0 Å². The van der Waals surface area contributed by atoms with E-state index in [-0.39, 0.29) is 17.3 Å². The molecular formula is C21H21N3O4S. The number of nitrogens with zero attached hydrogens (tertiary/aromatic N) is 1. The molecule has 29 heavy (non-hydrogen) atoms. The van der Waals surface area contributed by atoms with Crippen molar-refractivity contribution in [2.75, 3.05) is 11.3 Å². The van der Waals surface area contributed by atoms with Crippen molar-refractivity contribution in [2.24, 2.45) is 0 Å². The SMILES string of the molecule is CCOc1ncccc1CNC(=O)c1cccc(NS(=O)(=O)c2ccccc2)c1. The molecule has 8 heteroatoms. The number of hydrogen-bond donors (Lipinski definition) is 2. The van der Waals surface area contributed by atoms with Gasteiger partial charge in [0.1, 0.15) is 0 Å². The van der Waals surface area contributed by atoms with Crippen molar-refractivity contribution in [3.8, 4) is 5.88 Å². The molecule has 2 N–H and O–H groups in total. The third kappa shape index (κ3) is 5.32. The number of amides is 1. The van der Waals surface area contributed by atoms with Crippen LogP contribution >= 0.6 is 0 Å². The van der Waals surface area contributed by atoms with Gasteiger partial charge in [-0.25, -0.2) is 13.4 Å². The lowest BCUT2D eigenvalue weighted by Gasteiger charge is -2.11. The average Bonchev–Trinajstić information content (AvgIpc) is 2.73. The summed E-state index contributed by atoms with van der Waals surface area (Å²) >= 11 is 0. The van der Waals surface area contributed by atoms with Crippen molar-refractivity contribution in [1.82, 2.24) is 10.3 Å². The molecule has 3 aromatic rings. The number of benzene rings is 2. The number of ether oxygens (including phenoxy) is 1. The highest BCUT2D eigenvalue weighted by Gasteiger charge is 2.15. The Morgan fingerprint density at radius 2 is 1.83 bits per heavy atom. The van der Waals surface area contributed by atoms with Gasteiger partial charge < -0.3 is 10.1 Å². The zero-order valence-corrected chi connectivity index (χ0v) is 16.6. The third-order valence-electron chi connectivity index (χ3n) is 4.00. The van der Waals surface area contributed by atoms with Crippen LogP contribution in [0.15, 0.2) is 77.8 Å². The lowest BCUT2D eigenvalue weighted by Crippen LogP contribution is -2.23. The van der Waals surface area contributed by atoms with E-state index in [1.165, 1.54) is 18.2 Å². The highest BCUT2D eigenvalue weighted by atomic mass is 32.2. The second kappa shape index (κ2) is 9.20. The zero-order valence-electron chi connectivity index (χ0n) is 15.8. The summed E-state index contributed by atoms with van der Waals surface area (Å²) in [4.78, 5) is 16.8. The topological polar surface area (TPSA) is 97.4 Å². The smallest absolute Gasteiger partial charge is 0.261 e. The maximum absolute atomic E-state index is 12.5. The van der Waals surface area contributed by atoms with Crippen molar-refractivity contribution in [2.45, 2.75) is 18.4 Å². The van der Waals surface area contributed by atoms with Crippen molar-refractivity contribution in [3.05, 3.63) is 84.1 Å². The Morgan fingerprint density at radius 3 is 2.59 bits per heavy atom. The van der Waals surface area contributed by atoms with E-state index in [1.54, 1.807) is 48.7 Å². The quantitative estimate of drug-likeness (QED) is 0.593. The number of carbonyl (C=O) groups is 1. The van der Waals surface area contributed by atoms with Crippen LogP contribution in [-0.4, -0.2) is 25.9 Å². The molecule has 0 saturated heterocycles. The van der Waals surface area contributed by atoms with Crippen LogP contribution in [0, 0.1) is 0 Å².